The molecule has 0 unspecified atom stereocenters. The molecule has 0 N–H and O–H groups in total. The van der Waals surface area contributed by atoms with E-state index in [1.165, 1.54) is 38.9 Å². The topological polar surface area (TPSA) is 0 Å². The third kappa shape index (κ3) is 4.47. The minimum absolute atomic E-state index is 0.884. The van der Waals surface area contributed by atoms with Crippen molar-refractivity contribution in [1.29, 1.82) is 0 Å². The van der Waals surface area contributed by atoms with Gasteiger partial charge in [0, 0.05) is 0 Å². The lowest BCUT2D eigenvalue weighted by Crippen LogP contribution is -2.00. The number of hydrogen-bond acceptors (Lipinski definition) is 0. The maximum Gasteiger partial charge on any atom is -0.00229 e. The summed E-state index contributed by atoms with van der Waals surface area (Å²) in [6.45, 7) is 23.2. The Morgan fingerprint density at radius 3 is 2.04 bits per heavy atom. The van der Waals surface area contributed by atoms with E-state index in [4.69, 9.17) is 0 Å². The Morgan fingerprint density at radius 1 is 0.875 bits per heavy atom. The molecule has 128 valence electrons. The summed E-state index contributed by atoms with van der Waals surface area (Å²) in [4.78, 5) is 0. The van der Waals surface area contributed by atoms with Gasteiger partial charge in [0.15, 0.2) is 0 Å². The molecule has 0 atom stereocenters. The van der Waals surface area contributed by atoms with E-state index < -0.39 is 0 Å². The summed E-state index contributed by atoms with van der Waals surface area (Å²) >= 11 is 0. The van der Waals surface area contributed by atoms with Gasteiger partial charge in [0.25, 0.3) is 0 Å². The van der Waals surface area contributed by atoms with Gasteiger partial charge in [-0.1, -0.05) is 68.5 Å². The van der Waals surface area contributed by atoms with Crippen LogP contribution in [0.15, 0.2) is 43.5 Å². The fraction of sp³-hybridized carbons (Fsp3) is 0.333. The molecule has 0 aliphatic carbocycles. The van der Waals surface area contributed by atoms with Crippen LogP contribution in [0.25, 0.3) is 11.1 Å². The van der Waals surface area contributed by atoms with E-state index >= 15 is 0 Å². The molecule has 0 saturated carbocycles. The van der Waals surface area contributed by atoms with Crippen LogP contribution in [0.1, 0.15) is 59.7 Å². The van der Waals surface area contributed by atoms with Crippen molar-refractivity contribution < 1.29 is 0 Å². The van der Waals surface area contributed by atoms with E-state index in [0.29, 0.717) is 0 Å². The van der Waals surface area contributed by atoms with E-state index in [-0.39, 0.29) is 0 Å². The lowest BCUT2D eigenvalue weighted by atomic mass is 9.87. The number of rotatable bonds is 4. The van der Waals surface area contributed by atoms with Gasteiger partial charge in [0.1, 0.15) is 0 Å². The van der Waals surface area contributed by atoms with Gasteiger partial charge in [-0.25, -0.2) is 0 Å². The van der Waals surface area contributed by atoms with Crippen LogP contribution in [0.5, 0.6) is 0 Å². The number of aryl methyl sites for hydroxylation is 3. The number of allylic oxidation sites excluding steroid dienone is 2. The summed E-state index contributed by atoms with van der Waals surface area (Å²) in [6.07, 6.45) is 0.884. The highest BCUT2D eigenvalue weighted by atomic mass is 14.2. The molecule has 0 bridgehead atoms. The highest BCUT2D eigenvalue weighted by Gasteiger charge is 2.12. The molecule has 2 aromatic rings. The summed E-state index contributed by atoms with van der Waals surface area (Å²) in [7, 11) is 0. The first-order chi connectivity index (χ1) is 11.3. The van der Waals surface area contributed by atoms with E-state index in [1.807, 2.05) is 13.8 Å². The van der Waals surface area contributed by atoms with E-state index in [0.717, 1.165) is 17.6 Å². The average molecular weight is 321 g/mol. The van der Waals surface area contributed by atoms with Crippen LogP contribution >= 0.6 is 0 Å². The summed E-state index contributed by atoms with van der Waals surface area (Å²) in [5.41, 5.74) is 11.4. The van der Waals surface area contributed by atoms with Crippen molar-refractivity contribution >= 4 is 11.1 Å². The van der Waals surface area contributed by atoms with Gasteiger partial charge in [-0.05, 0) is 80.0 Å². The second kappa shape index (κ2) is 8.68. The molecule has 2 rings (SSSR count). The lowest BCUT2D eigenvalue weighted by molar-refractivity contribution is 1.20. The normalized spacial score (nSPS) is 9.96. The van der Waals surface area contributed by atoms with E-state index in [2.05, 4.69) is 78.1 Å². The van der Waals surface area contributed by atoms with Crippen molar-refractivity contribution in [1.82, 2.24) is 0 Å². The highest BCUT2D eigenvalue weighted by molar-refractivity contribution is 5.80. The van der Waals surface area contributed by atoms with Crippen molar-refractivity contribution in [3.05, 3.63) is 82.4 Å². The standard InChI is InChI=1S/C22H26.C2H6/c1-14(2)22-19(7)16(4)9-11-21(22)18(6)13-20-10-8-15(3)12-17(20)5;1-2/h8-12H,1,6,13H2,2-5,7H3;1-2H3. The zero-order valence-corrected chi connectivity index (χ0v) is 16.5. The van der Waals surface area contributed by atoms with Crippen molar-refractivity contribution in [2.24, 2.45) is 0 Å². The Kier molecular flexibility index (Phi) is 7.22. The SMILES string of the molecule is C=C(Cc1ccc(C)cc1C)c1ccc(C)c(C)c1C(=C)C.CC. The fourth-order valence-corrected chi connectivity index (χ4v) is 3.03. The molecule has 0 aliphatic heterocycles. The predicted octanol–water partition coefficient (Wildman–Crippen LogP) is 7.24. The molecule has 0 aromatic heterocycles. The van der Waals surface area contributed by atoms with Crippen LogP contribution in [0.2, 0.25) is 0 Å². The Bertz CT molecular complexity index is 745. The Balaban J connectivity index is 0.00000139. The molecule has 2 aromatic carbocycles. The zero-order valence-electron chi connectivity index (χ0n) is 16.5. The molecule has 0 heteroatoms. The van der Waals surface area contributed by atoms with E-state index in [1.54, 1.807) is 0 Å². The maximum absolute atomic E-state index is 4.36. The third-order valence-corrected chi connectivity index (χ3v) is 4.45. The van der Waals surface area contributed by atoms with Gasteiger partial charge in [-0.2, -0.15) is 0 Å². The van der Waals surface area contributed by atoms with Crippen molar-refractivity contribution in [3.63, 3.8) is 0 Å². The van der Waals surface area contributed by atoms with Crippen LogP contribution in [-0.4, -0.2) is 0 Å². The first-order valence-corrected chi connectivity index (χ1v) is 8.81. The maximum atomic E-state index is 4.36. The molecular formula is C24H32. The second-order valence-electron chi connectivity index (χ2n) is 6.42. The second-order valence-corrected chi connectivity index (χ2v) is 6.42. The van der Waals surface area contributed by atoms with Gasteiger partial charge < -0.3 is 0 Å². The largest absolute Gasteiger partial charge is 0.0955 e. The molecule has 0 radical (unpaired) electrons. The Labute approximate surface area is 148 Å². The predicted molar refractivity (Wildman–Crippen MR) is 111 cm³/mol. The van der Waals surface area contributed by atoms with Crippen LogP contribution in [0.4, 0.5) is 0 Å². The monoisotopic (exact) mass is 320 g/mol. The summed E-state index contributed by atoms with van der Waals surface area (Å²) in [6, 6.07) is 11.0. The molecule has 0 saturated heterocycles. The van der Waals surface area contributed by atoms with Crippen molar-refractivity contribution in [2.75, 3.05) is 0 Å². The molecular weight excluding hydrogens is 288 g/mol. The number of hydrogen-bond donors (Lipinski definition) is 0. The molecule has 0 fully saturated rings. The first-order valence-electron chi connectivity index (χ1n) is 8.81. The summed E-state index contributed by atoms with van der Waals surface area (Å²) < 4.78 is 0. The lowest BCUT2D eigenvalue weighted by Gasteiger charge is -2.17. The molecule has 0 heterocycles. The zero-order chi connectivity index (χ0) is 18.4. The first kappa shape index (κ1) is 20.0. The Morgan fingerprint density at radius 2 is 1.50 bits per heavy atom. The van der Waals surface area contributed by atoms with Gasteiger partial charge >= 0.3 is 0 Å². The van der Waals surface area contributed by atoms with Crippen LogP contribution < -0.4 is 0 Å². The molecule has 24 heavy (non-hydrogen) atoms. The van der Waals surface area contributed by atoms with Crippen molar-refractivity contribution in [2.45, 2.75) is 54.9 Å². The molecule has 0 spiro atoms. The quantitative estimate of drug-likeness (QED) is 0.557. The summed E-state index contributed by atoms with van der Waals surface area (Å²) in [5, 5.41) is 0. The minimum atomic E-state index is 0.884. The molecule has 0 aliphatic rings. The average Bonchev–Trinajstić information content (AvgIpc) is 2.54. The van der Waals surface area contributed by atoms with E-state index in [9.17, 15) is 0 Å². The van der Waals surface area contributed by atoms with Crippen LogP contribution in [0, 0.1) is 27.7 Å². The Hall–Kier alpha value is -2.08. The van der Waals surface area contributed by atoms with Gasteiger partial charge in [0.2, 0.25) is 0 Å². The summed E-state index contributed by atoms with van der Waals surface area (Å²) in [5.74, 6) is 0. The third-order valence-electron chi connectivity index (χ3n) is 4.45. The van der Waals surface area contributed by atoms with Gasteiger partial charge in [-0.15, -0.1) is 0 Å². The smallest absolute Gasteiger partial charge is 0.00229 e. The number of benzene rings is 2. The molecule has 0 amide bonds. The van der Waals surface area contributed by atoms with Gasteiger partial charge in [0.05, 0.1) is 0 Å². The van der Waals surface area contributed by atoms with Crippen LogP contribution in [-0.2, 0) is 6.42 Å². The van der Waals surface area contributed by atoms with Crippen LogP contribution in [0.3, 0.4) is 0 Å². The van der Waals surface area contributed by atoms with Gasteiger partial charge in [-0.3, -0.25) is 0 Å². The highest BCUT2D eigenvalue weighted by Crippen LogP contribution is 2.31. The molecule has 0 nitrogen and oxygen atoms in total. The van der Waals surface area contributed by atoms with Crippen molar-refractivity contribution in [3.8, 4) is 0 Å². The minimum Gasteiger partial charge on any atom is -0.0955 e. The fourth-order valence-electron chi connectivity index (χ4n) is 3.03.